The lowest BCUT2D eigenvalue weighted by Crippen LogP contribution is -2.11. The Morgan fingerprint density at radius 2 is 2.00 bits per heavy atom. The molecule has 0 aliphatic heterocycles. The fourth-order valence-electron chi connectivity index (χ4n) is 1.39. The molecule has 0 fully saturated rings. The van der Waals surface area contributed by atoms with Crippen LogP contribution in [-0.2, 0) is 0 Å². The Bertz CT molecular complexity index is 447. The quantitative estimate of drug-likeness (QED) is 0.451. The van der Waals surface area contributed by atoms with Crippen molar-refractivity contribution in [2.75, 3.05) is 6.61 Å². The third kappa shape index (κ3) is 3.87. The van der Waals surface area contributed by atoms with E-state index in [4.69, 9.17) is 4.74 Å². The number of nitrogens with zero attached hydrogens (tertiary/aromatic N) is 1. The van der Waals surface area contributed by atoms with Crippen LogP contribution in [0.5, 0.6) is 5.75 Å². The molecule has 1 rings (SSSR count). The highest BCUT2D eigenvalue weighted by Crippen LogP contribution is 2.28. The van der Waals surface area contributed by atoms with Crippen molar-refractivity contribution in [2.45, 2.75) is 27.2 Å². The second-order valence-electron chi connectivity index (χ2n) is 5.18. The summed E-state index contributed by atoms with van der Waals surface area (Å²) >= 11 is 0. The van der Waals surface area contributed by atoms with Crippen molar-refractivity contribution >= 4 is 5.69 Å². The molecule has 0 spiro atoms. The van der Waals surface area contributed by atoms with Crippen molar-refractivity contribution < 1.29 is 9.66 Å². The number of nitro groups is 1. The molecule has 0 saturated carbocycles. The van der Waals surface area contributed by atoms with Crippen LogP contribution in [0.2, 0.25) is 0 Å². The highest BCUT2D eigenvalue weighted by Gasteiger charge is 2.16. The molecule has 0 aliphatic rings. The first-order chi connectivity index (χ1) is 8.32. The lowest BCUT2D eigenvalue weighted by molar-refractivity contribution is -0.385. The second-order valence-corrected chi connectivity index (χ2v) is 5.18. The molecule has 0 saturated heterocycles. The van der Waals surface area contributed by atoms with E-state index in [0.717, 1.165) is 5.57 Å². The third-order valence-electron chi connectivity index (χ3n) is 2.78. The van der Waals surface area contributed by atoms with Crippen molar-refractivity contribution in [3.63, 3.8) is 0 Å². The number of nitro benzene ring substituents is 1. The predicted molar refractivity (Wildman–Crippen MR) is 71.8 cm³/mol. The highest BCUT2D eigenvalue weighted by atomic mass is 16.6. The van der Waals surface area contributed by atoms with Crippen LogP contribution in [0.15, 0.2) is 36.4 Å². The molecule has 0 atom stereocenters. The Kier molecular flexibility index (Phi) is 4.48. The number of para-hydroxylation sites is 2. The summed E-state index contributed by atoms with van der Waals surface area (Å²) in [6, 6.07) is 6.39. The number of hydrogen-bond acceptors (Lipinski definition) is 3. The maximum absolute atomic E-state index is 10.8. The maximum atomic E-state index is 10.8. The average Bonchev–Trinajstić information content (AvgIpc) is 2.28. The van der Waals surface area contributed by atoms with Crippen molar-refractivity contribution in [2.24, 2.45) is 5.41 Å². The Morgan fingerprint density at radius 3 is 2.56 bits per heavy atom. The second kappa shape index (κ2) is 5.67. The molecule has 1 aromatic carbocycles. The standard InChI is InChI=1S/C14H19NO3/c1-11(14(2,3)4)9-10-18-13-8-6-5-7-12(13)15(16)17/h5-8H,1,9-10H2,2-4H3. The van der Waals surface area contributed by atoms with Gasteiger partial charge in [0.25, 0.3) is 0 Å². The van der Waals surface area contributed by atoms with E-state index >= 15 is 0 Å². The van der Waals surface area contributed by atoms with Gasteiger partial charge in [0.1, 0.15) is 0 Å². The van der Waals surface area contributed by atoms with Crippen molar-refractivity contribution in [1.82, 2.24) is 0 Å². The molecule has 0 amide bonds. The Balaban J connectivity index is 2.60. The zero-order valence-corrected chi connectivity index (χ0v) is 11.1. The molecular weight excluding hydrogens is 230 g/mol. The normalized spacial score (nSPS) is 11.1. The summed E-state index contributed by atoms with van der Waals surface area (Å²) in [6.45, 7) is 10.7. The molecule has 0 bridgehead atoms. The summed E-state index contributed by atoms with van der Waals surface area (Å²) in [5.41, 5.74) is 1.10. The minimum atomic E-state index is -0.437. The molecule has 0 unspecified atom stereocenters. The van der Waals surface area contributed by atoms with Crippen molar-refractivity contribution in [3.05, 3.63) is 46.5 Å². The van der Waals surface area contributed by atoms with Crippen LogP contribution >= 0.6 is 0 Å². The minimum Gasteiger partial charge on any atom is -0.486 e. The predicted octanol–water partition coefficient (Wildman–Crippen LogP) is 3.97. The summed E-state index contributed by atoms with van der Waals surface area (Å²) in [4.78, 5) is 10.3. The largest absolute Gasteiger partial charge is 0.486 e. The lowest BCUT2D eigenvalue weighted by Gasteiger charge is -2.21. The van der Waals surface area contributed by atoms with Gasteiger partial charge in [-0.25, -0.2) is 0 Å². The number of hydrogen-bond donors (Lipinski definition) is 0. The van der Waals surface area contributed by atoms with Gasteiger partial charge in [0.05, 0.1) is 11.5 Å². The van der Waals surface area contributed by atoms with Gasteiger partial charge in [-0.15, -0.1) is 0 Å². The number of ether oxygens (including phenoxy) is 1. The molecule has 1 aromatic rings. The van der Waals surface area contributed by atoms with Crippen LogP contribution in [0.4, 0.5) is 5.69 Å². The van der Waals surface area contributed by atoms with E-state index in [1.54, 1.807) is 18.2 Å². The Morgan fingerprint density at radius 1 is 1.39 bits per heavy atom. The zero-order chi connectivity index (χ0) is 13.8. The summed E-state index contributed by atoms with van der Waals surface area (Å²) in [7, 11) is 0. The van der Waals surface area contributed by atoms with Gasteiger partial charge in [0.2, 0.25) is 0 Å². The van der Waals surface area contributed by atoms with Crippen LogP contribution in [0.1, 0.15) is 27.2 Å². The fourth-order valence-corrected chi connectivity index (χ4v) is 1.39. The van der Waals surface area contributed by atoms with Gasteiger partial charge in [-0.1, -0.05) is 45.1 Å². The zero-order valence-electron chi connectivity index (χ0n) is 11.1. The molecule has 0 aliphatic carbocycles. The summed E-state index contributed by atoms with van der Waals surface area (Å²) < 4.78 is 5.46. The molecule has 0 N–H and O–H groups in total. The lowest BCUT2D eigenvalue weighted by atomic mass is 9.86. The fraction of sp³-hybridized carbons (Fsp3) is 0.429. The molecule has 0 heterocycles. The Hall–Kier alpha value is -1.84. The molecule has 4 heteroatoms. The smallest absolute Gasteiger partial charge is 0.310 e. The van der Waals surface area contributed by atoms with Crippen LogP contribution < -0.4 is 4.74 Å². The first kappa shape index (κ1) is 14.2. The van der Waals surface area contributed by atoms with Crippen LogP contribution in [0, 0.1) is 15.5 Å². The van der Waals surface area contributed by atoms with Gasteiger partial charge < -0.3 is 4.74 Å². The van der Waals surface area contributed by atoms with Crippen LogP contribution in [-0.4, -0.2) is 11.5 Å². The SMILES string of the molecule is C=C(CCOc1ccccc1[N+](=O)[O-])C(C)(C)C. The van der Waals surface area contributed by atoms with Gasteiger partial charge >= 0.3 is 5.69 Å². The molecule has 98 valence electrons. The monoisotopic (exact) mass is 249 g/mol. The van der Waals surface area contributed by atoms with Gasteiger partial charge in [-0.05, 0) is 11.5 Å². The summed E-state index contributed by atoms with van der Waals surface area (Å²) in [6.07, 6.45) is 0.690. The molecular formula is C14H19NO3. The molecule has 4 nitrogen and oxygen atoms in total. The van der Waals surface area contributed by atoms with E-state index in [0.29, 0.717) is 18.8 Å². The van der Waals surface area contributed by atoms with Crippen molar-refractivity contribution in [3.8, 4) is 5.75 Å². The van der Waals surface area contributed by atoms with Gasteiger partial charge in [-0.2, -0.15) is 0 Å². The first-order valence-electron chi connectivity index (χ1n) is 5.87. The number of benzene rings is 1. The van der Waals surface area contributed by atoms with E-state index in [-0.39, 0.29) is 11.1 Å². The van der Waals surface area contributed by atoms with E-state index in [1.807, 2.05) is 0 Å². The van der Waals surface area contributed by atoms with Crippen molar-refractivity contribution in [1.29, 1.82) is 0 Å². The minimum absolute atomic E-state index is 0.00105. The summed E-state index contributed by atoms with van der Waals surface area (Å²) in [5, 5.41) is 10.8. The van der Waals surface area contributed by atoms with E-state index < -0.39 is 4.92 Å². The first-order valence-corrected chi connectivity index (χ1v) is 5.87. The van der Waals surface area contributed by atoms with Gasteiger partial charge in [-0.3, -0.25) is 10.1 Å². The van der Waals surface area contributed by atoms with Crippen LogP contribution in [0.3, 0.4) is 0 Å². The van der Waals surface area contributed by atoms with Gasteiger partial charge in [0.15, 0.2) is 5.75 Å². The topological polar surface area (TPSA) is 52.4 Å². The van der Waals surface area contributed by atoms with E-state index in [2.05, 4.69) is 27.4 Å². The highest BCUT2D eigenvalue weighted by molar-refractivity contribution is 5.45. The molecule has 0 aromatic heterocycles. The number of rotatable bonds is 5. The average molecular weight is 249 g/mol. The van der Waals surface area contributed by atoms with E-state index in [1.165, 1.54) is 6.07 Å². The molecule has 0 radical (unpaired) electrons. The van der Waals surface area contributed by atoms with Crippen LogP contribution in [0.25, 0.3) is 0 Å². The molecule has 18 heavy (non-hydrogen) atoms. The van der Waals surface area contributed by atoms with Gasteiger partial charge in [0, 0.05) is 12.5 Å². The third-order valence-corrected chi connectivity index (χ3v) is 2.78. The summed E-state index contributed by atoms with van der Waals surface area (Å²) in [5.74, 6) is 0.309. The van der Waals surface area contributed by atoms with E-state index in [9.17, 15) is 10.1 Å². The maximum Gasteiger partial charge on any atom is 0.310 e. The Labute approximate surface area is 107 Å².